The van der Waals surface area contributed by atoms with Gasteiger partial charge >= 0.3 is 6.03 Å². The van der Waals surface area contributed by atoms with Gasteiger partial charge in [-0.3, -0.25) is 9.00 Å². The number of carbonyl (C=O) groups is 2. The minimum absolute atomic E-state index is 0.00541. The van der Waals surface area contributed by atoms with Crippen molar-refractivity contribution in [2.75, 3.05) is 31.9 Å². The molecule has 3 rings (SSSR count). The lowest BCUT2D eigenvalue weighted by molar-refractivity contribution is -0.129. The van der Waals surface area contributed by atoms with E-state index in [-0.39, 0.29) is 11.7 Å². The van der Waals surface area contributed by atoms with Gasteiger partial charge in [-0.15, -0.1) is 0 Å². The molecule has 1 unspecified atom stereocenters. The third-order valence-electron chi connectivity index (χ3n) is 4.39. The summed E-state index contributed by atoms with van der Waals surface area (Å²) in [7, 11) is -1.29. The summed E-state index contributed by atoms with van der Waals surface area (Å²) in [5.74, 6) is 0.202. The van der Waals surface area contributed by atoms with Crippen LogP contribution < -0.4 is 5.73 Å². The van der Waals surface area contributed by atoms with Gasteiger partial charge in [0, 0.05) is 42.7 Å². The molecule has 1 aliphatic rings. The molecule has 0 spiro atoms. The maximum Gasteiger partial charge on any atom is 0.314 e. The molecule has 8 heteroatoms. The van der Waals surface area contributed by atoms with Crippen LogP contribution in [0.4, 0.5) is 4.79 Å². The third kappa shape index (κ3) is 4.50. The number of amides is 3. The van der Waals surface area contributed by atoms with Gasteiger partial charge in [0.1, 0.15) is 5.75 Å². The molecular formula is C18H21N3O3S2. The van der Waals surface area contributed by atoms with E-state index in [2.05, 4.69) is 5.38 Å². The van der Waals surface area contributed by atoms with Crippen molar-refractivity contribution in [3.05, 3.63) is 46.7 Å². The average Bonchev–Trinajstić information content (AvgIpc) is 3.16. The monoisotopic (exact) mass is 391 g/mol. The van der Waals surface area contributed by atoms with Crippen molar-refractivity contribution in [1.82, 2.24) is 9.80 Å². The van der Waals surface area contributed by atoms with Crippen LogP contribution in [-0.4, -0.2) is 57.9 Å². The predicted molar refractivity (Wildman–Crippen MR) is 104 cm³/mol. The van der Waals surface area contributed by atoms with Crippen LogP contribution in [0.3, 0.4) is 0 Å². The molecule has 1 fully saturated rings. The largest absolute Gasteiger partial charge is 0.351 e. The van der Waals surface area contributed by atoms with Gasteiger partial charge in [0.05, 0.1) is 0 Å². The van der Waals surface area contributed by atoms with Crippen molar-refractivity contribution < 1.29 is 13.8 Å². The van der Waals surface area contributed by atoms with E-state index in [1.54, 1.807) is 16.2 Å². The van der Waals surface area contributed by atoms with E-state index in [9.17, 15) is 13.8 Å². The fourth-order valence-electron chi connectivity index (χ4n) is 2.98. The number of nitrogens with two attached hydrogens (primary N) is 1. The van der Waals surface area contributed by atoms with Gasteiger partial charge in [-0.1, -0.05) is 24.3 Å². The first kappa shape index (κ1) is 18.6. The smallest absolute Gasteiger partial charge is 0.314 e. The van der Waals surface area contributed by atoms with Crippen LogP contribution in [0.2, 0.25) is 0 Å². The number of nitrogens with zero attached hydrogens (tertiary/aromatic N) is 2. The van der Waals surface area contributed by atoms with E-state index in [0.717, 1.165) is 16.7 Å². The lowest BCUT2D eigenvalue weighted by Gasteiger charge is -2.33. The number of thiophene rings is 1. The molecule has 0 bridgehead atoms. The summed E-state index contributed by atoms with van der Waals surface area (Å²) in [6.45, 7) is 1.72. The fraction of sp³-hybridized carbons (Fsp3) is 0.333. The highest BCUT2D eigenvalue weighted by atomic mass is 32.2. The topological polar surface area (TPSA) is 83.7 Å². The van der Waals surface area contributed by atoms with Crippen molar-refractivity contribution in [3.8, 4) is 11.1 Å². The number of primary amides is 1. The van der Waals surface area contributed by atoms with Crippen LogP contribution in [0, 0.1) is 0 Å². The molecule has 1 atom stereocenters. The Labute approximate surface area is 159 Å². The van der Waals surface area contributed by atoms with Crippen LogP contribution in [0.1, 0.15) is 5.56 Å². The summed E-state index contributed by atoms with van der Waals surface area (Å²) < 4.78 is 12.5. The molecule has 0 aliphatic carbocycles. The van der Waals surface area contributed by atoms with Gasteiger partial charge in [-0.25, -0.2) is 4.79 Å². The van der Waals surface area contributed by atoms with Crippen LogP contribution in [0.5, 0.6) is 0 Å². The van der Waals surface area contributed by atoms with E-state index in [1.807, 2.05) is 35.7 Å². The number of hydrogen-bond acceptors (Lipinski definition) is 4. The minimum Gasteiger partial charge on any atom is -0.351 e. The van der Waals surface area contributed by atoms with E-state index in [0.29, 0.717) is 31.9 Å². The molecule has 6 nitrogen and oxygen atoms in total. The Morgan fingerprint density at radius 2 is 1.77 bits per heavy atom. The van der Waals surface area contributed by atoms with Crippen LogP contribution >= 0.6 is 11.3 Å². The second-order valence-corrected chi connectivity index (χ2v) is 8.34. The predicted octanol–water partition coefficient (Wildman–Crippen LogP) is 1.89. The van der Waals surface area contributed by atoms with E-state index in [4.69, 9.17) is 5.73 Å². The normalized spacial score (nSPS) is 15.7. The van der Waals surface area contributed by atoms with Gasteiger partial charge in [0.15, 0.2) is 0 Å². The van der Waals surface area contributed by atoms with Crippen LogP contribution in [0.25, 0.3) is 11.1 Å². The molecule has 0 saturated carbocycles. The summed E-state index contributed by atoms with van der Waals surface area (Å²) >= 11 is 1.62. The van der Waals surface area contributed by atoms with Crippen LogP contribution in [-0.2, 0) is 21.3 Å². The van der Waals surface area contributed by atoms with Gasteiger partial charge in [-0.05, 0) is 33.5 Å². The molecule has 2 N–H and O–H groups in total. The van der Waals surface area contributed by atoms with E-state index >= 15 is 0 Å². The lowest BCUT2D eigenvalue weighted by atomic mass is 10.0. The molecule has 1 aliphatic heterocycles. The summed E-state index contributed by atoms with van der Waals surface area (Å²) in [5, 5.41) is 4.07. The highest BCUT2D eigenvalue weighted by Crippen LogP contribution is 2.26. The Morgan fingerprint density at radius 1 is 1.08 bits per heavy atom. The standard InChI is InChI=1S/C18H21N3O3S2/c19-18(23)21-8-6-20(7-9-21)17(22)13-26(24)12-15-3-1-2-4-16(15)14-5-10-25-11-14/h1-5,10-11H,6-9,12-13H2,(H2,19,23). The summed E-state index contributed by atoms with van der Waals surface area (Å²) in [5.41, 5.74) is 8.40. The van der Waals surface area contributed by atoms with Gasteiger partial charge < -0.3 is 15.5 Å². The molecule has 1 saturated heterocycles. The Bertz CT molecular complexity index is 800. The fourth-order valence-corrected chi connectivity index (χ4v) is 4.79. The molecule has 2 aromatic rings. The molecule has 1 aromatic carbocycles. The summed E-state index contributed by atoms with van der Waals surface area (Å²) in [6.07, 6.45) is 0. The van der Waals surface area contributed by atoms with Crippen molar-refractivity contribution >= 4 is 34.1 Å². The molecule has 3 amide bonds. The molecule has 0 radical (unpaired) electrons. The summed E-state index contributed by atoms with van der Waals surface area (Å²) in [6, 6.07) is 9.43. The van der Waals surface area contributed by atoms with E-state index < -0.39 is 16.8 Å². The Morgan fingerprint density at radius 3 is 2.42 bits per heavy atom. The number of urea groups is 1. The SMILES string of the molecule is NC(=O)N1CCN(C(=O)CS(=O)Cc2ccccc2-c2ccsc2)CC1. The quantitative estimate of drug-likeness (QED) is 0.845. The van der Waals surface area contributed by atoms with E-state index in [1.165, 1.54) is 4.90 Å². The summed E-state index contributed by atoms with van der Waals surface area (Å²) in [4.78, 5) is 26.7. The van der Waals surface area contributed by atoms with Crippen LogP contribution in [0.15, 0.2) is 41.1 Å². The molecule has 1 aromatic heterocycles. The Balaban J connectivity index is 1.58. The van der Waals surface area contributed by atoms with Crippen molar-refractivity contribution in [2.24, 2.45) is 5.73 Å². The molecular weight excluding hydrogens is 370 g/mol. The Kier molecular flexibility index (Phi) is 6.05. The first-order valence-corrected chi connectivity index (χ1v) is 10.8. The van der Waals surface area contributed by atoms with Crippen molar-refractivity contribution in [3.63, 3.8) is 0 Å². The number of benzene rings is 1. The number of rotatable bonds is 5. The maximum atomic E-state index is 12.5. The minimum atomic E-state index is -1.29. The zero-order valence-corrected chi connectivity index (χ0v) is 15.9. The van der Waals surface area contributed by atoms with Crippen molar-refractivity contribution in [2.45, 2.75) is 5.75 Å². The molecule has 2 heterocycles. The van der Waals surface area contributed by atoms with Gasteiger partial charge in [-0.2, -0.15) is 11.3 Å². The highest BCUT2D eigenvalue weighted by molar-refractivity contribution is 7.84. The number of piperazine rings is 1. The lowest BCUT2D eigenvalue weighted by Crippen LogP contribution is -2.52. The first-order valence-electron chi connectivity index (χ1n) is 8.32. The molecule has 26 heavy (non-hydrogen) atoms. The maximum absolute atomic E-state index is 12.5. The number of carbonyl (C=O) groups excluding carboxylic acids is 2. The second-order valence-electron chi connectivity index (χ2n) is 6.10. The highest BCUT2D eigenvalue weighted by Gasteiger charge is 2.24. The Hall–Kier alpha value is -2.19. The number of hydrogen-bond donors (Lipinski definition) is 1. The zero-order chi connectivity index (χ0) is 18.5. The zero-order valence-electron chi connectivity index (χ0n) is 14.3. The molecule has 138 valence electrons. The average molecular weight is 392 g/mol. The third-order valence-corrected chi connectivity index (χ3v) is 6.28. The second kappa shape index (κ2) is 8.46. The van der Waals surface area contributed by atoms with Gasteiger partial charge in [0.2, 0.25) is 5.91 Å². The van der Waals surface area contributed by atoms with Gasteiger partial charge in [0.25, 0.3) is 0 Å². The van der Waals surface area contributed by atoms with Crippen molar-refractivity contribution in [1.29, 1.82) is 0 Å². The first-order chi connectivity index (χ1) is 12.5.